The normalized spacial score (nSPS) is 14.1. The summed E-state index contributed by atoms with van der Waals surface area (Å²) in [5.74, 6) is 1.55. The molecule has 2 aliphatic rings. The molecule has 4 amide bonds. The minimum absolute atomic E-state index is 0.244. The number of hydrogen-bond acceptors (Lipinski definition) is 4. The van der Waals surface area contributed by atoms with E-state index in [1.165, 1.54) is 49.8 Å². The summed E-state index contributed by atoms with van der Waals surface area (Å²) in [5, 5.41) is 6.48. The molecular formula is C44H38N2O4. The van der Waals surface area contributed by atoms with Crippen molar-refractivity contribution in [2.45, 2.75) is 71.1 Å². The molecule has 0 atom stereocenters. The zero-order chi connectivity index (χ0) is 34.4. The van der Waals surface area contributed by atoms with Gasteiger partial charge in [0.15, 0.2) is 0 Å². The van der Waals surface area contributed by atoms with E-state index in [9.17, 15) is 19.2 Å². The van der Waals surface area contributed by atoms with E-state index < -0.39 is 11.8 Å². The molecule has 0 N–H and O–H groups in total. The maximum Gasteiger partial charge on any atom is 0.273 e. The largest absolute Gasteiger partial charge is 0.274 e. The highest BCUT2D eigenvalue weighted by Crippen LogP contribution is 2.46. The van der Waals surface area contributed by atoms with Crippen LogP contribution in [0.1, 0.15) is 118 Å². The van der Waals surface area contributed by atoms with Crippen molar-refractivity contribution in [1.29, 1.82) is 0 Å². The SMILES string of the molecule is CCCCCCCCCCCCN1C(=O)c2ccc3c4ccc5c6c(ccc(c7ccc(c2c37)C1=O)c64)C(=O)N(C#Cc1ccccc1)C5=O. The molecule has 50 heavy (non-hydrogen) atoms. The molecule has 0 saturated carbocycles. The van der Waals surface area contributed by atoms with Gasteiger partial charge in [-0.1, -0.05) is 107 Å². The second-order valence-corrected chi connectivity index (χ2v) is 13.6. The van der Waals surface area contributed by atoms with Crippen LogP contribution < -0.4 is 0 Å². The number of fused-ring (bicyclic) bond motifs is 2. The molecule has 0 spiro atoms. The Bertz CT molecular complexity index is 2300. The van der Waals surface area contributed by atoms with Gasteiger partial charge in [-0.2, -0.15) is 4.90 Å². The first-order chi connectivity index (χ1) is 24.5. The second-order valence-electron chi connectivity index (χ2n) is 13.6. The van der Waals surface area contributed by atoms with Crippen molar-refractivity contribution in [3.63, 3.8) is 0 Å². The molecule has 0 bridgehead atoms. The third kappa shape index (κ3) is 5.11. The standard InChI is InChI=1S/C44H38N2O4/c1-2-3-4-5-6-7-8-9-10-14-26-45-41(47)33-21-17-29-31-19-23-35-40-36(44(50)46(43(35)49)27-25-28-15-12-11-13-16-28)24-20-32(38(31)40)30-18-22-34(42(45)48)39(33)37(29)30/h11-13,15-24H,2-10,14,26H2,1H3. The van der Waals surface area contributed by atoms with Crippen LogP contribution in [-0.2, 0) is 0 Å². The van der Waals surface area contributed by atoms with Gasteiger partial charge in [-0.05, 0) is 81.1 Å². The summed E-state index contributed by atoms with van der Waals surface area (Å²) in [6.45, 7) is 2.65. The van der Waals surface area contributed by atoms with Gasteiger partial charge in [0.05, 0.1) is 0 Å². The smallest absolute Gasteiger partial charge is 0.273 e. The third-order valence-corrected chi connectivity index (χ3v) is 10.5. The molecule has 0 aromatic heterocycles. The Morgan fingerprint density at radius 1 is 0.460 bits per heavy atom. The summed E-state index contributed by atoms with van der Waals surface area (Å²) in [5.41, 5.74) is 2.63. The highest BCUT2D eigenvalue weighted by molar-refractivity contribution is 6.41. The van der Waals surface area contributed by atoms with Crippen LogP contribution in [0.4, 0.5) is 0 Å². The highest BCUT2D eigenvalue weighted by Gasteiger charge is 2.36. The van der Waals surface area contributed by atoms with Crippen molar-refractivity contribution in [3.05, 3.63) is 107 Å². The molecule has 2 heterocycles. The van der Waals surface area contributed by atoms with Crippen LogP contribution in [0.15, 0.2) is 78.9 Å². The number of unbranched alkanes of at least 4 members (excludes halogenated alkanes) is 9. The monoisotopic (exact) mass is 658 g/mol. The molecule has 8 rings (SSSR count). The summed E-state index contributed by atoms with van der Waals surface area (Å²) in [4.78, 5) is 57.7. The number of hydrogen-bond donors (Lipinski definition) is 0. The molecule has 2 aliphatic heterocycles. The molecule has 0 aliphatic carbocycles. The summed E-state index contributed by atoms with van der Waals surface area (Å²) in [6.07, 6.45) is 11.9. The van der Waals surface area contributed by atoms with E-state index in [1.54, 1.807) is 12.1 Å². The zero-order valence-corrected chi connectivity index (χ0v) is 28.3. The Morgan fingerprint density at radius 2 is 0.880 bits per heavy atom. The van der Waals surface area contributed by atoms with Gasteiger partial charge < -0.3 is 0 Å². The fourth-order valence-corrected chi connectivity index (χ4v) is 8.02. The molecule has 0 radical (unpaired) electrons. The molecular weight excluding hydrogens is 620 g/mol. The molecule has 6 nitrogen and oxygen atoms in total. The Balaban J connectivity index is 1.12. The van der Waals surface area contributed by atoms with Crippen molar-refractivity contribution in [3.8, 4) is 12.0 Å². The molecule has 6 heteroatoms. The first-order valence-corrected chi connectivity index (χ1v) is 18.0. The van der Waals surface area contributed by atoms with Crippen molar-refractivity contribution in [2.75, 3.05) is 6.54 Å². The van der Waals surface area contributed by atoms with Crippen LogP contribution in [0.2, 0.25) is 0 Å². The van der Waals surface area contributed by atoms with E-state index in [4.69, 9.17) is 0 Å². The molecule has 6 aromatic carbocycles. The summed E-state index contributed by atoms with van der Waals surface area (Å²) < 4.78 is 0. The quantitative estimate of drug-likeness (QED) is 0.0457. The molecule has 248 valence electrons. The lowest BCUT2D eigenvalue weighted by atomic mass is 9.82. The first kappa shape index (κ1) is 31.7. The van der Waals surface area contributed by atoms with Gasteiger partial charge in [0.1, 0.15) is 0 Å². The zero-order valence-electron chi connectivity index (χ0n) is 28.3. The number of imide groups is 2. The van der Waals surface area contributed by atoms with Gasteiger partial charge in [-0.3, -0.25) is 24.1 Å². The number of benzene rings is 6. The van der Waals surface area contributed by atoms with Crippen LogP contribution in [0.5, 0.6) is 0 Å². The minimum Gasteiger partial charge on any atom is -0.274 e. The van der Waals surface area contributed by atoms with Gasteiger partial charge in [-0.15, -0.1) is 0 Å². The maximum atomic E-state index is 13.9. The van der Waals surface area contributed by atoms with Gasteiger partial charge >= 0.3 is 0 Å². The van der Waals surface area contributed by atoms with Crippen LogP contribution in [0, 0.1) is 12.0 Å². The summed E-state index contributed by atoms with van der Waals surface area (Å²) in [7, 11) is 0. The average molecular weight is 659 g/mol. The van der Waals surface area contributed by atoms with Crippen molar-refractivity contribution in [2.24, 2.45) is 0 Å². The van der Waals surface area contributed by atoms with Crippen molar-refractivity contribution in [1.82, 2.24) is 9.80 Å². The first-order valence-electron chi connectivity index (χ1n) is 18.0. The topological polar surface area (TPSA) is 74.8 Å². The third-order valence-electron chi connectivity index (χ3n) is 10.5. The second kappa shape index (κ2) is 13.1. The number of carbonyl (C=O) groups excluding carboxylic acids is 4. The highest BCUT2D eigenvalue weighted by atomic mass is 16.2. The van der Waals surface area contributed by atoms with E-state index >= 15 is 0 Å². The average Bonchev–Trinajstić information content (AvgIpc) is 3.14. The number of amides is 4. The van der Waals surface area contributed by atoms with E-state index in [-0.39, 0.29) is 11.8 Å². The Morgan fingerprint density at radius 3 is 1.34 bits per heavy atom. The van der Waals surface area contributed by atoms with E-state index in [0.717, 1.165) is 56.5 Å². The van der Waals surface area contributed by atoms with Crippen molar-refractivity contribution < 1.29 is 19.2 Å². The minimum atomic E-state index is -0.454. The lowest BCUT2D eigenvalue weighted by Gasteiger charge is -2.29. The maximum absolute atomic E-state index is 13.9. The van der Waals surface area contributed by atoms with E-state index in [1.807, 2.05) is 66.7 Å². The lowest BCUT2D eigenvalue weighted by Crippen LogP contribution is -2.40. The Kier molecular flexibility index (Phi) is 8.28. The number of nitrogens with zero attached hydrogens (tertiary/aromatic N) is 2. The van der Waals surface area contributed by atoms with E-state index in [2.05, 4.69) is 18.9 Å². The van der Waals surface area contributed by atoms with Gasteiger partial charge in [0, 0.05) is 51.2 Å². The van der Waals surface area contributed by atoms with Crippen LogP contribution >= 0.6 is 0 Å². The van der Waals surface area contributed by atoms with Gasteiger partial charge in [-0.25, -0.2) is 0 Å². The number of carbonyl (C=O) groups is 4. The van der Waals surface area contributed by atoms with Crippen LogP contribution in [0.3, 0.4) is 0 Å². The molecule has 0 saturated heterocycles. The van der Waals surface area contributed by atoms with Crippen LogP contribution in [-0.4, -0.2) is 40.0 Å². The predicted molar refractivity (Wildman–Crippen MR) is 199 cm³/mol. The Hall–Kier alpha value is -5.54. The molecule has 0 unspecified atom stereocenters. The Labute approximate surface area is 291 Å². The lowest BCUT2D eigenvalue weighted by molar-refractivity contribution is 0.0605. The summed E-state index contributed by atoms with van der Waals surface area (Å²) >= 11 is 0. The van der Waals surface area contributed by atoms with Crippen molar-refractivity contribution >= 4 is 66.7 Å². The van der Waals surface area contributed by atoms with Gasteiger partial charge in [0.25, 0.3) is 23.6 Å². The fraction of sp³-hybridized carbons (Fsp3) is 0.273. The van der Waals surface area contributed by atoms with Gasteiger partial charge in [0.2, 0.25) is 0 Å². The molecule has 0 fully saturated rings. The fourth-order valence-electron chi connectivity index (χ4n) is 8.02. The predicted octanol–water partition coefficient (Wildman–Crippen LogP) is 9.86. The van der Waals surface area contributed by atoms with E-state index in [0.29, 0.717) is 45.1 Å². The number of rotatable bonds is 11. The summed E-state index contributed by atoms with van der Waals surface area (Å²) in [6, 6.07) is 27.0. The van der Waals surface area contributed by atoms with Crippen LogP contribution in [0.25, 0.3) is 43.1 Å². The molecule has 6 aromatic rings.